The minimum atomic E-state index is 0.845. The highest BCUT2D eigenvalue weighted by Gasteiger charge is 2.24. The molecule has 3 heteroatoms. The first-order chi connectivity index (χ1) is 21.3. The number of hydrogen-bond donors (Lipinski definition) is 0. The number of benzene rings is 7. The van der Waals surface area contributed by atoms with E-state index >= 15 is 0 Å². The fourth-order valence-electron chi connectivity index (χ4n) is 6.55. The van der Waals surface area contributed by atoms with Gasteiger partial charge in [0.1, 0.15) is 22.3 Å². The second-order valence-electron chi connectivity index (χ2n) is 10.9. The maximum Gasteiger partial charge on any atom is 0.147 e. The molecule has 3 nitrogen and oxygen atoms in total. The number of rotatable bonds is 4. The van der Waals surface area contributed by atoms with E-state index in [1.165, 1.54) is 11.1 Å². The molecule has 0 saturated carbocycles. The zero-order chi connectivity index (χ0) is 28.3. The lowest BCUT2D eigenvalue weighted by Crippen LogP contribution is -2.10. The van der Waals surface area contributed by atoms with Crippen LogP contribution in [0.2, 0.25) is 0 Å². The minimum Gasteiger partial charge on any atom is -0.455 e. The summed E-state index contributed by atoms with van der Waals surface area (Å²) in [6.07, 6.45) is 0. The summed E-state index contributed by atoms with van der Waals surface area (Å²) < 4.78 is 13.3. The Balaban J connectivity index is 1.37. The molecule has 0 radical (unpaired) electrons. The van der Waals surface area contributed by atoms with Gasteiger partial charge in [0.15, 0.2) is 0 Å². The predicted octanol–water partition coefficient (Wildman–Crippen LogP) is 11.8. The Morgan fingerprint density at radius 3 is 1.72 bits per heavy atom. The van der Waals surface area contributed by atoms with Crippen molar-refractivity contribution in [2.45, 2.75) is 0 Å². The second kappa shape index (κ2) is 9.37. The first kappa shape index (κ1) is 23.9. The maximum atomic E-state index is 6.79. The monoisotopic (exact) mass is 551 g/mol. The van der Waals surface area contributed by atoms with Gasteiger partial charge < -0.3 is 13.7 Å². The van der Waals surface area contributed by atoms with Crippen LogP contribution in [-0.2, 0) is 0 Å². The molecule has 0 bridgehead atoms. The van der Waals surface area contributed by atoms with Gasteiger partial charge in [0.2, 0.25) is 0 Å². The number of anilines is 3. The van der Waals surface area contributed by atoms with Crippen LogP contribution in [0, 0.1) is 0 Å². The lowest BCUT2D eigenvalue weighted by molar-refractivity contribution is 0.665. The van der Waals surface area contributed by atoms with E-state index in [9.17, 15) is 0 Å². The van der Waals surface area contributed by atoms with Crippen LogP contribution in [0.1, 0.15) is 0 Å². The quantitative estimate of drug-likeness (QED) is 0.218. The first-order valence-electron chi connectivity index (χ1n) is 14.5. The van der Waals surface area contributed by atoms with E-state index in [1.54, 1.807) is 0 Å². The van der Waals surface area contributed by atoms with Crippen molar-refractivity contribution in [1.82, 2.24) is 0 Å². The van der Waals surface area contributed by atoms with Crippen LogP contribution in [0.3, 0.4) is 0 Å². The highest BCUT2D eigenvalue weighted by atomic mass is 16.3. The van der Waals surface area contributed by atoms with Crippen LogP contribution in [-0.4, -0.2) is 0 Å². The lowest BCUT2D eigenvalue weighted by Gasteiger charge is -2.26. The molecule has 9 aromatic rings. The van der Waals surface area contributed by atoms with Crippen molar-refractivity contribution < 1.29 is 8.83 Å². The molecule has 202 valence electrons. The van der Waals surface area contributed by atoms with Crippen molar-refractivity contribution in [3.63, 3.8) is 0 Å². The number of hydrogen-bond acceptors (Lipinski definition) is 3. The van der Waals surface area contributed by atoms with Gasteiger partial charge in [0, 0.05) is 27.5 Å². The largest absolute Gasteiger partial charge is 0.455 e. The van der Waals surface area contributed by atoms with Crippen molar-refractivity contribution in [2.75, 3.05) is 4.90 Å². The van der Waals surface area contributed by atoms with Gasteiger partial charge >= 0.3 is 0 Å². The summed E-state index contributed by atoms with van der Waals surface area (Å²) in [4.78, 5) is 2.33. The maximum absolute atomic E-state index is 6.79. The molecule has 0 N–H and O–H groups in total. The van der Waals surface area contributed by atoms with Gasteiger partial charge in [-0.25, -0.2) is 0 Å². The fraction of sp³-hybridized carbons (Fsp3) is 0. The summed E-state index contributed by atoms with van der Waals surface area (Å²) in [5.74, 6) is 0. The van der Waals surface area contributed by atoms with E-state index in [0.717, 1.165) is 71.7 Å². The summed E-state index contributed by atoms with van der Waals surface area (Å²) in [6, 6.07) is 52.9. The van der Waals surface area contributed by atoms with E-state index < -0.39 is 0 Å². The molecule has 2 aromatic heterocycles. The third-order valence-electron chi connectivity index (χ3n) is 8.44. The second-order valence-corrected chi connectivity index (χ2v) is 10.9. The molecule has 0 amide bonds. The van der Waals surface area contributed by atoms with E-state index in [2.05, 4.69) is 144 Å². The topological polar surface area (TPSA) is 29.5 Å². The summed E-state index contributed by atoms with van der Waals surface area (Å²) in [5, 5.41) is 6.45. The predicted molar refractivity (Wildman–Crippen MR) is 179 cm³/mol. The zero-order valence-electron chi connectivity index (χ0n) is 23.2. The molecule has 43 heavy (non-hydrogen) atoms. The molecule has 7 aromatic carbocycles. The van der Waals surface area contributed by atoms with Gasteiger partial charge in [0.05, 0.1) is 16.5 Å². The van der Waals surface area contributed by atoms with E-state index in [0.29, 0.717) is 0 Å². The van der Waals surface area contributed by atoms with Crippen molar-refractivity contribution in [1.29, 1.82) is 0 Å². The van der Waals surface area contributed by atoms with Gasteiger partial charge in [-0.1, -0.05) is 109 Å². The SMILES string of the molecule is c1ccc(-c2ccc(N(c3ccccc3)c3cccc4oc5c6c7ccccc7oc6c6ccccc6c5c34)cc2)cc1. The molecule has 0 unspecified atom stereocenters. The number of furan rings is 2. The van der Waals surface area contributed by atoms with Crippen LogP contribution in [0.4, 0.5) is 17.1 Å². The Morgan fingerprint density at radius 1 is 0.349 bits per heavy atom. The Morgan fingerprint density at radius 2 is 0.930 bits per heavy atom. The smallest absolute Gasteiger partial charge is 0.147 e. The molecule has 9 rings (SSSR count). The van der Waals surface area contributed by atoms with Crippen molar-refractivity contribution in [3.8, 4) is 11.1 Å². The number of fused-ring (bicyclic) bond motifs is 10. The molecule has 0 aliphatic heterocycles. The van der Waals surface area contributed by atoms with Crippen LogP contribution in [0.25, 0.3) is 65.8 Å². The third kappa shape index (κ3) is 3.62. The number of nitrogens with zero attached hydrogens (tertiary/aromatic N) is 1. The first-order valence-corrected chi connectivity index (χ1v) is 14.5. The van der Waals surface area contributed by atoms with Gasteiger partial charge in [-0.05, 0) is 59.0 Å². The molecule has 0 aliphatic rings. The molecular weight excluding hydrogens is 526 g/mol. The Labute approximate surface area is 247 Å². The van der Waals surface area contributed by atoms with Crippen molar-refractivity contribution in [3.05, 3.63) is 152 Å². The molecule has 0 atom stereocenters. The van der Waals surface area contributed by atoms with Crippen molar-refractivity contribution in [2.24, 2.45) is 0 Å². The van der Waals surface area contributed by atoms with Gasteiger partial charge in [0.25, 0.3) is 0 Å². The average molecular weight is 552 g/mol. The average Bonchev–Trinajstić information content (AvgIpc) is 3.66. The molecular formula is C40H25NO2. The number of para-hydroxylation sites is 2. The standard InChI is InChI=1S/C40H25NO2/c1-3-12-26(13-4-1)27-22-24-29(25-23-27)41(28-14-5-2-6-15-28)33-19-11-21-35-38(33)36-30-16-7-8-17-31(30)39-37(40(36)43-35)32-18-9-10-20-34(32)42-39/h1-25H. The van der Waals surface area contributed by atoms with E-state index in [4.69, 9.17) is 8.83 Å². The summed E-state index contributed by atoms with van der Waals surface area (Å²) in [7, 11) is 0. The Bertz CT molecular complexity index is 2440. The van der Waals surface area contributed by atoms with Gasteiger partial charge in [-0.2, -0.15) is 0 Å². The fourth-order valence-corrected chi connectivity index (χ4v) is 6.55. The van der Waals surface area contributed by atoms with Crippen LogP contribution in [0.5, 0.6) is 0 Å². The van der Waals surface area contributed by atoms with E-state index in [1.807, 2.05) is 12.1 Å². The highest BCUT2D eigenvalue weighted by Crippen LogP contribution is 2.49. The molecule has 0 fully saturated rings. The normalized spacial score (nSPS) is 11.7. The Kier molecular flexibility index (Phi) is 5.20. The van der Waals surface area contributed by atoms with Crippen LogP contribution in [0.15, 0.2) is 160 Å². The van der Waals surface area contributed by atoms with Gasteiger partial charge in [-0.15, -0.1) is 0 Å². The lowest BCUT2D eigenvalue weighted by atomic mass is 9.98. The molecule has 2 heterocycles. The van der Waals surface area contributed by atoms with Crippen LogP contribution < -0.4 is 4.90 Å². The molecule has 0 spiro atoms. The highest BCUT2D eigenvalue weighted by molar-refractivity contribution is 6.35. The summed E-state index contributed by atoms with van der Waals surface area (Å²) >= 11 is 0. The van der Waals surface area contributed by atoms with Crippen LogP contribution >= 0.6 is 0 Å². The zero-order valence-corrected chi connectivity index (χ0v) is 23.2. The summed E-state index contributed by atoms with van der Waals surface area (Å²) in [5.41, 5.74) is 9.03. The summed E-state index contributed by atoms with van der Waals surface area (Å²) in [6.45, 7) is 0. The van der Waals surface area contributed by atoms with Gasteiger partial charge in [-0.3, -0.25) is 0 Å². The third-order valence-corrected chi connectivity index (χ3v) is 8.44. The Hall–Kier alpha value is -5.80. The van der Waals surface area contributed by atoms with Crippen molar-refractivity contribution >= 4 is 71.7 Å². The molecule has 0 aliphatic carbocycles. The molecule has 0 saturated heterocycles. The van der Waals surface area contributed by atoms with E-state index in [-0.39, 0.29) is 0 Å². The minimum absolute atomic E-state index is 0.845.